The third kappa shape index (κ3) is 12.2. The van der Waals surface area contributed by atoms with Crippen molar-refractivity contribution < 1.29 is 9.53 Å². The summed E-state index contributed by atoms with van der Waals surface area (Å²) in [4.78, 5) is 0. The zero-order valence-corrected chi connectivity index (χ0v) is 12.6. The molecular formula is C13H30O2Si. The van der Waals surface area contributed by atoms with Gasteiger partial charge >= 0.3 is 0 Å². The van der Waals surface area contributed by atoms with Crippen LogP contribution in [0.3, 0.4) is 0 Å². The van der Waals surface area contributed by atoms with E-state index in [1.807, 2.05) is 0 Å². The maximum absolute atomic E-state index is 8.64. The summed E-state index contributed by atoms with van der Waals surface area (Å²) in [6, 6.07) is 0. The minimum atomic E-state index is -1.33. The van der Waals surface area contributed by atoms with Crippen LogP contribution in [0.4, 0.5) is 0 Å². The van der Waals surface area contributed by atoms with Gasteiger partial charge in [-0.15, -0.1) is 0 Å². The summed E-state index contributed by atoms with van der Waals surface area (Å²) in [6.45, 7) is 9.29. The van der Waals surface area contributed by atoms with Crippen LogP contribution in [0.5, 0.6) is 0 Å². The van der Waals surface area contributed by atoms with E-state index in [0.29, 0.717) is 12.7 Å². The van der Waals surface area contributed by atoms with Gasteiger partial charge in [0.2, 0.25) is 0 Å². The third-order valence-electron chi connectivity index (χ3n) is 2.57. The number of unbranched alkanes of at least 4 members (excludes halogenated alkanes) is 5. The number of rotatable bonds is 10. The molecule has 0 spiro atoms. The fourth-order valence-electron chi connectivity index (χ4n) is 1.91. The van der Waals surface area contributed by atoms with Gasteiger partial charge in [0.05, 0.1) is 0 Å². The highest BCUT2D eigenvalue weighted by Crippen LogP contribution is 2.14. The van der Waals surface area contributed by atoms with Gasteiger partial charge in [0.1, 0.15) is 0 Å². The Kier molecular flexibility index (Phi) is 9.28. The Morgan fingerprint density at radius 3 is 1.94 bits per heavy atom. The Morgan fingerprint density at radius 1 is 0.938 bits per heavy atom. The molecule has 1 atom stereocenters. The number of hydrogen-bond acceptors (Lipinski definition) is 2. The normalized spacial score (nSPS) is 14.1. The Morgan fingerprint density at radius 2 is 1.44 bits per heavy atom. The molecule has 0 radical (unpaired) electrons. The van der Waals surface area contributed by atoms with Crippen LogP contribution in [0.1, 0.15) is 51.9 Å². The van der Waals surface area contributed by atoms with E-state index in [1.54, 1.807) is 0 Å². The van der Waals surface area contributed by atoms with Crippen molar-refractivity contribution in [1.29, 1.82) is 0 Å². The molecule has 1 unspecified atom stereocenters. The first-order valence-corrected chi connectivity index (χ1v) is 10.1. The van der Waals surface area contributed by atoms with Gasteiger partial charge in [-0.25, -0.2) is 0 Å². The van der Waals surface area contributed by atoms with Crippen LogP contribution in [0.25, 0.3) is 0 Å². The van der Waals surface area contributed by atoms with Crippen molar-refractivity contribution in [1.82, 2.24) is 0 Å². The van der Waals surface area contributed by atoms with Gasteiger partial charge in [-0.2, -0.15) is 0 Å². The topological polar surface area (TPSA) is 29.5 Å². The first kappa shape index (κ1) is 16.1. The molecule has 0 aliphatic rings. The molecule has 0 heterocycles. The molecule has 2 nitrogen and oxygen atoms in total. The summed E-state index contributed by atoms with van der Waals surface area (Å²) in [5, 5.41) is 8.64. The van der Waals surface area contributed by atoms with Crippen molar-refractivity contribution in [2.45, 2.75) is 77.6 Å². The van der Waals surface area contributed by atoms with Gasteiger partial charge in [0.15, 0.2) is 8.32 Å². The zero-order chi connectivity index (χ0) is 12.4. The summed E-state index contributed by atoms with van der Waals surface area (Å²) in [7, 11) is -1.33. The molecule has 0 bridgehead atoms. The summed E-state index contributed by atoms with van der Waals surface area (Å²) in [6.07, 6.45) is 8.94. The summed E-state index contributed by atoms with van der Waals surface area (Å²) >= 11 is 0. The van der Waals surface area contributed by atoms with Crippen LogP contribution >= 0.6 is 0 Å². The monoisotopic (exact) mass is 246 g/mol. The SMILES string of the molecule is CC(CCCCCCCCO)O[Si](C)(C)C. The van der Waals surface area contributed by atoms with Crippen LogP contribution in [0.2, 0.25) is 19.6 Å². The largest absolute Gasteiger partial charge is 0.415 e. The molecule has 0 aromatic heterocycles. The summed E-state index contributed by atoms with van der Waals surface area (Å²) in [5.74, 6) is 0. The second-order valence-corrected chi connectivity index (χ2v) is 10.1. The highest BCUT2D eigenvalue weighted by atomic mass is 28.4. The number of hydrogen-bond donors (Lipinski definition) is 1. The lowest BCUT2D eigenvalue weighted by molar-refractivity contribution is 0.199. The van der Waals surface area contributed by atoms with Gasteiger partial charge < -0.3 is 9.53 Å². The molecular weight excluding hydrogens is 216 g/mol. The average Bonchev–Trinajstić information content (AvgIpc) is 2.13. The Balaban J connectivity index is 3.25. The molecule has 0 aromatic rings. The van der Waals surface area contributed by atoms with E-state index in [1.165, 1.54) is 38.5 Å². The third-order valence-corrected chi connectivity index (χ3v) is 3.68. The van der Waals surface area contributed by atoms with Gasteiger partial charge in [-0.1, -0.05) is 32.1 Å². The fraction of sp³-hybridized carbons (Fsp3) is 1.00. The van der Waals surface area contributed by atoms with Crippen LogP contribution in [0, 0.1) is 0 Å². The molecule has 0 fully saturated rings. The molecule has 0 aromatic carbocycles. The minimum Gasteiger partial charge on any atom is -0.415 e. The molecule has 1 N–H and O–H groups in total. The van der Waals surface area contributed by atoms with E-state index in [9.17, 15) is 0 Å². The smallest absolute Gasteiger partial charge is 0.184 e. The van der Waals surface area contributed by atoms with Crippen molar-refractivity contribution in [2.75, 3.05) is 6.61 Å². The van der Waals surface area contributed by atoms with Gasteiger partial charge in [-0.05, 0) is 39.4 Å². The zero-order valence-electron chi connectivity index (χ0n) is 11.6. The minimum absolute atomic E-state index is 0.348. The Hall–Kier alpha value is 0.137. The second kappa shape index (κ2) is 9.20. The second-order valence-electron chi connectivity index (χ2n) is 5.67. The lowest BCUT2D eigenvalue weighted by Crippen LogP contribution is -2.30. The molecule has 98 valence electrons. The van der Waals surface area contributed by atoms with Crippen LogP contribution < -0.4 is 0 Å². The lowest BCUT2D eigenvalue weighted by atomic mass is 10.1. The van der Waals surface area contributed by atoms with Crippen molar-refractivity contribution in [3.8, 4) is 0 Å². The van der Waals surface area contributed by atoms with Gasteiger partial charge in [-0.3, -0.25) is 0 Å². The van der Waals surface area contributed by atoms with Crippen molar-refractivity contribution in [3.63, 3.8) is 0 Å². The summed E-state index contributed by atoms with van der Waals surface area (Å²) in [5.41, 5.74) is 0. The van der Waals surface area contributed by atoms with E-state index < -0.39 is 8.32 Å². The first-order valence-electron chi connectivity index (χ1n) is 6.74. The Bertz CT molecular complexity index is 155. The van der Waals surface area contributed by atoms with Crippen molar-refractivity contribution in [2.24, 2.45) is 0 Å². The van der Waals surface area contributed by atoms with Gasteiger partial charge in [0.25, 0.3) is 0 Å². The molecule has 3 heteroatoms. The lowest BCUT2D eigenvalue weighted by Gasteiger charge is -2.23. The average molecular weight is 246 g/mol. The van der Waals surface area contributed by atoms with Crippen LogP contribution in [-0.2, 0) is 4.43 Å². The fourth-order valence-corrected chi connectivity index (χ4v) is 3.24. The van der Waals surface area contributed by atoms with Crippen LogP contribution in [0.15, 0.2) is 0 Å². The molecule has 0 aliphatic heterocycles. The van der Waals surface area contributed by atoms with Crippen molar-refractivity contribution >= 4 is 8.32 Å². The quantitative estimate of drug-likeness (QED) is 0.467. The molecule has 0 saturated carbocycles. The van der Waals surface area contributed by atoms with Crippen molar-refractivity contribution in [3.05, 3.63) is 0 Å². The maximum atomic E-state index is 8.64. The molecule has 0 aliphatic carbocycles. The molecule has 0 rings (SSSR count). The summed E-state index contributed by atoms with van der Waals surface area (Å²) < 4.78 is 5.99. The number of aliphatic hydroxyl groups is 1. The van der Waals surface area contributed by atoms with E-state index in [-0.39, 0.29) is 0 Å². The predicted octanol–water partition coefficient (Wildman–Crippen LogP) is 3.95. The first-order chi connectivity index (χ1) is 7.45. The molecule has 16 heavy (non-hydrogen) atoms. The Labute approximate surface area is 103 Å². The molecule has 0 saturated heterocycles. The highest BCUT2D eigenvalue weighted by Gasteiger charge is 2.17. The predicted molar refractivity (Wildman–Crippen MR) is 73.3 cm³/mol. The van der Waals surface area contributed by atoms with Gasteiger partial charge in [0, 0.05) is 12.7 Å². The van der Waals surface area contributed by atoms with Crippen LogP contribution in [-0.4, -0.2) is 26.1 Å². The van der Waals surface area contributed by atoms with E-state index >= 15 is 0 Å². The van der Waals surface area contributed by atoms with E-state index in [0.717, 1.165) is 6.42 Å². The number of aliphatic hydroxyl groups excluding tert-OH is 1. The maximum Gasteiger partial charge on any atom is 0.184 e. The van der Waals surface area contributed by atoms with E-state index in [2.05, 4.69) is 26.6 Å². The van der Waals surface area contributed by atoms with E-state index in [4.69, 9.17) is 9.53 Å². The standard InChI is InChI=1S/C13H30O2Si/c1-13(15-16(2,3)4)11-9-7-5-6-8-10-12-14/h13-14H,5-12H2,1-4H3. The highest BCUT2D eigenvalue weighted by molar-refractivity contribution is 6.69. The molecule has 0 amide bonds.